The Balaban J connectivity index is 1.88. The van der Waals surface area contributed by atoms with Gasteiger partial charge in [0.2, 0.25) is 0 Å². The van der Waals surface area contributed by atoms with Crippen molar-refractivity contribution in [2.45, 2.75) is 37.7 Å². The molecular weight excluding hydrogens is 396 g/mol. The molecule has 3 aromatic rings. The number of halogens is 1. The predicted molar refractivity (Wildman–Crippen MR) is 112 cm³/mol. The molecule has 0 aliphatic heterocycles. The zero-order valence-electron chi connectivity index (χ0n) is 15.9. The van der Waals surface area contributed by atoms with Crippen LogP contribution in [0.1, 0.15) is 41.5 Å². The second-order valence-electron chi connectivity index (χ2n) is 6.19. The molecule has 1 heterocycles. The monoisotopic (exact) mass is 416 g/mol. The number of benzene rings is 2. The molecule has 1 aromatic heterocycles. The zero-order chi connectivity index (χ0) is 20.3. The fourth-order valence-electron chi connectivity index (χ4n) is 2.91. The third-order valence-corrected chi connectivity index (χ3v) is 5.66. The third kappa shape index (κ3) is 4.23. The second-order valence-corrected chi connectivity index (χ2v) is 7.94. The molecule has 0 saturated heterocycles. The van der Waals surface area contributed by atoms with Gasteiger partial charge in [0.25, 0.3) is 0 Å². The van der Waals surface area contributed by atoms with E-state index in [9.17, 15) is 9.59 Å². The van der Waals surface area contributed by atoms with Crippen molar-refractivity contribution in [2.75, 3.05) is 6.61 Å². The van der Waals surface area contributed by atoms with Gasteiger partial charge in [0.15, 0.2) is 10.9 Å². The van der Waals surface area contributed by atoms with E-state index in [1.807, 2.05) is 24.5 Å². The molecule has 0 aliphatic carbocycles. The van der Waals surface area contributed by atoms with Crippen LogP contribution in [-0.4, -0.2) is 33.2 Å². The summed E-state index contributed by atoms with van der Waals surface area (Å²) in [6.07, 6.45) is 0. The molecule has 146 valence electrons. The summed E-state index contributed by atoms with van der Waals surface area (Å²) in [5.41, 5.74) is 2.72. The Hall–Kier alpha value is -2.31. The summed E-state index contributed by atoms with van der Waals surface area (Å²) in [5.74, 6) is -0.348. The summed E-state index contributed by atoms with van der Waals surface area (Å²) in [7, 11) is 0. The van der Waals surface area contributed by atoms with Gasteiger partial charge < -0.3 is 9.30 Å². The molecule has 0 amide bonds. The molecule has 0 aliphatic rings. The molecule has 0 spiro atoms. The topological polar surface area (TPSA) is 61.2 Å². The van der Waals surface area contributed by atoms with Crippen molar-refractivity contribution >= 4 is 46.1 Å². The van der Waals surface area contributed by atoms with Crippen LogP contribution in [0, 0.1) is 0 Å². The van der Waals surface area contributed by atoms with Gasteiger partial charge in [-0.2, -0.15) is 0 Å². The van der Waals surface area contributed by atoms with E-state index >= 15 is 0 Å². The molecule has 0 saturated carbocycles. The first-order valence-corrected chi connectivity index (χ1v) is 10.3. The largest absolute Gasteiger partial charge is 0.462 e. The number of esters is 1. The lowest BCUT2D eigenvalue weighted by atomic mass is 10.1. The first-order valence-electron chi connectivity index (χ1n) is 9.08. The zero-order valence-corrected chi connectivity index (χ0v) is 17.5. The number of hydrogen-bond donors (Lipinski definition) is 0. The quantitative estimate of drug-likeness (QED) is 0.299. The summed E-state index contributed by atoms with van der Waals surface area (Å²) in [6, 6.07) is 12.2. The van der Waals surface area contributed by atoms with Gasteiger partial charge in [-0.3, -0.25) is 4.79 Å². The second kappa shape index (κ2) is 8.80. The maximum Gasteiger partial charge on any atom is 0.338 e. The van der Waals surface area contributed by atoms with E-state index in [-0.39, 0.29) is 17.0 Å². The van der Waals surface area contributed by atoms with Gasteiger partial charge in [0, 0.05) is 17.1 Å². The van der Waals surface area contributed by atoms with E-state index in [0.717, 1.165) is 10.7 Å². The molecular formula is C21H21ClN2O3S. The van der Waals surface area contributed by atoms with Gasteiger partial charge in [0.1, 0.15) is 0 Å². The minimum Gasteiger partial charge on any atom is -0.462 e. The molecule has 1 atom stereocenters. The first-order chi connectivity index (χ1) is 13.4. The molecule has 28 heavy (non-hydrogen) atoms. The normalized spacial score (nSPS) is 12.1. The van der Waals surface area contributed by atoms with Crippen molar-refractivity contribution in [3.63, 3.8) is 0 Å². The van der Waals surface area contributed by atoms with Crippen LogP contribution in [-0.2, 0) is 11.3 Å². The van der Waals surface area contributed by atoms with E-state index in [1.54, 1.807) is 43.3 Å². The van der Waals surface area contributed by atoms with Gasteiger partial charge in [-0.1, -0.05) is 23.4 Å². The highest BCUT2D eigenvalue weighted by atomic mass is 35.5. The number of aromatic nitrogens is 2. The lowest BCUT2D eigenvalue weighted by molar-refractivity contribution is 0.0526. The van der Waals surface area contributed by atoms with Crippen LogP contribution >= 0.6 is 23.4 Å². The van der Waals surface area contributed by atoms with E-state index in [1.165, 1.54) is 11.8 Å². The smallest absolute Gasteiger partial charge is 0.338 e. The van der Waals surface area contributed by atoms with Crippen LogP contribution < -0.4 is 0 Å². The van der Waals surface area contributed by atoms with Gasteiger partial charge in [0.05, 0.1) is 28.5 Å². The fourth-order valence-corrected chi connectivity index (χ4v) is 4.10. The lowest BCUT2D eigenvalue weighted by Gasteiger charge is -2.11. The van der Waals surface area contributed by atoms with Crippen molar-refractivity contribution < 1.29 is 14.3 Å². The van der Waals surface area contributed by atoms with Gasteiger partial charge in [-0.25, -0.2) is 9.78 Å². The third-order valence-electron chi connectivity index (χ3n) is 4.32. The molecule has 0 bridgehead atoms. The SMILES string of the molecule is CCOC(=O)c1ccc2c(c1)nc(S[C@@H](C)C(=O)c1ccc(Cl)cc1)n2CC. The van der Waals surface area contributed by atoms with E-state index in [0.29, 0.717) is 34.8 Å². The van der Waals surface area contributed by atoms with Crippen LogP contribution in [0.25, 0.3) is 11.0 Å². The van der Waals surface area contributed by atoms with Crippen molar-refractivity contribution in [3.8, 4) is 0 Å². The van der Waals surface area contributed by atoms with E-state index in [4.69, 9.17) is 16.3 Å². The number of carbonyl (C=O) groups excluding carboxylic acids is 2. The summed E-state index contributed by atoms with van der Waals surface area (Å²) < 4.78 is 7.10. The maximum atomic E-state index is 12.7. The minimum atomic E-state index is -0.365. The van der Waals surface area contributed by atoms with Gasteiger partial charge >= 0.3 is 5.97 Å². The van der Waals surface area contributed by atoms with E-state index < -0.39 is 0 Å². The Labute approximate surface area is 173 Å². The minimum absolute atomic E-state index is 0.0172. The van der Waals surface area contributed by atoms with Gasteiger partial charge in [-0.05, 0) is 63.2 Å². The highest BCUT2D eigenvalue weighted by Crippen LogP contribution is 2.29. The maximum absolute atomic E-state index is 12.7. The molecule has 0 radical (unpaired) electrons. The van der Waals surface area contributed by atoms with Crippen LogP contribution in [0.4, 0.5) is 0 Å². The van der Waals surface area contributed by atoms with Crippen LogP contribution in [0.15, 0.2) is 47.6 Å². The summed E-state index contributed by atoms with van der Waals surface area (Å²) in [5, 5.41) is 1.03. The molecule has 0 unspecified atom stereocenters. The summed E-state index contributed by atoms with van der Waals surface area (Å²) in [4.78, 5) is 29.4. The standard InChI is InChI=1S/C21H21ClN2O3S/c1-4-24-18-11-8-15(20(26)27-5-2)12-17(18)23-21(24)28-13(3)19(25)14-6-9-16(22)10-7-14/h6-13H,4-5H2,1-3H3/t13-/m0/s1. The summed E-state index contributed by atoms with van der Waals surface area (Å²) >= 11 is 7.31. The molecule has 5 nitrogen and oxygen atoms in total. The van der Waals surface area contributed by atoms with Crippen molar-refractivity contribution in [2.24, 2.45) is 0 Å². The highest BCUT2D eigenvalue weighted by Gasteiger charge is 2.21. The predicted octanol–water partition coefficient (Wildman–Crippen LogP) is 5.25. The molecule has 2 aromatic carbocycles. The number of nitrogens with zero attached hydrogens (tertiary/aromatic N) is 2. The molecule has 7 heteroatoms. The number of Topliss-reactive ketones (excluding diaryl/α,β-unsaturated/α-hetero) is 1. The van der Waals surface area contributed by atoms with E-state index in [2.05, 4.69) is 4.98 Å². The Morgan fingerprint density at radius 3 is 2.46 bits per heavy atom. The van der Waals surface area contributed by atoms with Crippen LogP contribution in [0.2, 0.25) is 5.02 Å². The number of ether oxygens (including phenoxy) is 1. The fraction of sp³-hybridized carbons (Fsp3) is 0.286. The first kappa shape index (κ1) is 20.4. The Bertz CT molecular complexity index is 1010. The number of imidazole rings is 1. The number of thioether (sulfide) groups is 1. The number of rotatable bonds is 7. The number of fused-ring (bicyclic) bond motifs is 1. The molecule has 0 fully saturated rings. The van der Waals surface area contributed by atoms with Crippen LogP contribution in [0.5, 0.6) is 0 Å². The number of ketones is 1. The average Bonchev–Trinajstić information content (AvgIpc) is 3.04. The Morgan fingerprint density at radius 1 is 1.14 bits per heavy atom. The Kier molecular flexibility index (Phi) is 6.42. The van der Waals surface area contributed by atoms with Crippen molar-refractivity contribution in [3.05, 3.63) is 58.6 Å². The average molecular weight is 417 g/mol. The number of aryl methyl sites for hydroxylation is 1. The van der Waals surface area contributed by atoms with Crippen LogP contribution in [0.3, 0.4) is 0 Å². The van der Waals surface area contributed by atoms with Crippen molar-refractivity contribution in [1.29, 1.82) is 0 Å². The molecule has 0 N–H and O–H groups in total. The molecule has 3 rings (SSSR count). The highest BCUT2D eigenvalue weighted by molar-refractivity contribution is 8.00. The Morgan fingerprint density at radius 2 is 1.82 bits per heavy atom. The lowest BCUT2D eigenvalue weighted by Crippen LogP contribution is -2.14. The summed E-state index contributed by atoms with van der Waals surface area (Å²) in [6.45, 7) is 6.70. The van der Waals surface area contributed by atoms with Gasteiger partial charge in [-0.15, -0.1) is 0 Å². The number of hydrogen-bond acceptors (Lipinski definition) is 5. The number of carbonyl (C=O) groups is 2. The van der Waals surface area contributed by atoms with Crippen molar-refractivity contribution in [1.82, 2.24) is 9.55 Å².